The minimum atomic E-state index is -0.332. The van der Waals surface area contributed by atoms with Gasteiger partial charge in [0.1, 0.15) is 11.6 Å². The highest BCUT2D eigenvalue weighted by molar-refractivity contribution is 5.42. The van der Waals surface area contributed by atoms with E-state index < -0.39 is 0 Å². The second kappa shape index (κ2) is 3.45. The minimum Gasteiger partial charge on any atom is -0.493 e. The number of ether oxygens (including phenoxy) is 1. The summed E-state index contributed by atoms with van der Waals surface area (Å²) in [5.41, 5.74) is 6.62. The van der Waals surface area contributed by atoms with Crippen molar-refractivity contribution in [1.29, 1.82) is 0 Å². The molecule has 0 atom stereocenters. The van der Waals surface area contributed by atoms with Crippen LogP contribution in [0.1, 0.15) is 31.2 Å². The average molecular weight is 221 g/mol. The Morgan fingerprint density at radius 3 is 2.75 bits per heavy atom. The molecule has 16 heavy (non-hydrogen) atoms. The number of hydrogen-bond acceptors (Lipinski definition) is 2. The summed E-state index contributed by atoms with van der Waals surface area (Å²) in [5, 5.41) is 0. The molecule has 3 heteroatoms. The number of nitrogens with two attached hydrogens (primary N) is 1. The SMILES string of the molecule is NC1(c2cc(F)ccc2OCC2CC2)CC1. The van der Waals surface area contributed by atoms with E-state index in [1.54, 1.807) is 6.07 Å². The van der Waals surface area contributed by atoms with Crippen molar-refractivity contribution in [3.8, 4) is 5.75 Å². The molecule has 2 nitrogen and oxygen atoms in total. The molecule has 2 saturated carbocycles. The fraction of sp³-hybridized carbons (Fsp3) is 0.538. The maximum absolute atomic E-state index is 13.2. The van der Waals surface area contributed by atoms with Crippen LogP contribution in [0.3, 0.4) is 0 Å². The third-order valence-electron chi connectivity index (χ3n) is 3.44. The Kier molecular flexibility index (Phi) is 2.18. The van der Waals surface area contributed by atoms with Crippen molar-refractivity contribution in [3.05, 3.63) is 29.6 Å². The van der Waals surface area contributed by atoms with Crippen molar-refractivity contribution in [2.75, 3.05) is 6.61 Å². The molecule has 0 heterocycles. The van der Waals surface area contributed by atoms with Gasteiger partial charge in [0.05, 0.1) is 6.61 Å². The van der Waals surface area contributed by atoms with E-state index in [1.165, 1.54) is 25.0 Å². The van der Waals surface area contributed by atoms with Gasteiger partial charge >= 0.3 is 0 Å². The predicted molar refractivity (Wildman–Crippen MR) is 59.7 cm³/mol. The van der Waals surface area contributed by atoms with Gasteiger partial charge < -0.3 is 10.5 Å². The van der Waals surface area contributed by atoms with Crippen LogP contribution in [0.4, 0.5) is 4.39 Å². The summed E-state index contributed by atoms with van der Waals surface area (Å²) in [4.78, 5) is 0. The van der Waals surface area contributed by atoms with Crippen molar-refractivity contribution < 1.29 is 9.13 Å². The van der Waals surface area contributed by atoms with Crippen molar-refractivity contribution in [3.63, 3.8) is 0 Å². The van der Waals surface area contributed by atoms with Crippen LogP contribution in [-0.4, -0.2) is 6.61 Å². The molecule has 1 aromatic carbocycles. The molecule has 0 saturated heterocycles. The van der Waals surface area contributed by atoms with E-state index in [9.17, 15) is 4.39 Å². The molecular weight excluding hydrogens is 205 g/mol. The average Bonchev–Trinajstić information content (AvgIpc) is 3.13. The maximum atomic E-state index is 13.2. The fourth-order valence-electron chi connectivity index (χ4n) is 1.91. The van der Waals surface area contributed by atoms with Gasteiger partial charge in [0, 0.05) is 11.1 Å². The van der Waals surface area contributed by atoms with E-state index in [-0.39, 0.29) is 11.4 Å². The molecule has 0 amide bonds. The van der Waals surface area contributed by atoms with Gasteiger partial charge in [0.15, 0.2) is 0 Å². The highest BCUT2D eigenvalue weighted by Gasteiger charge is 2.42. The van der Waals surface area contributed by atoms with Crippen molar-refractivity contribution in [2.24, 2.45) is 11.7 Å². The lowest BCUT2D eigenvalue weighted by Gasteiger charge is -2.16. The van der Waals surface area contributed by atoms with Gasteiger partial charge in [-0.25, -0.2) is 4.39 Å². The van der Waals surface area contributed by atoms with Gasteiger partial charge in [0.25, 0.3) is 0 Å². The summed E-state index contributed by atoms with van der Waals surface area (Å²) in [7, 11) is 0. The minimum absolute atomic E-state index is 0.231. The molecule has 3 rings (SSSR count). The Hall–Kier alpha value is -1.09. The standard InChI is InChI=1S/C13H16FNO/c14-10-3-4-12(16-8-9-1-2-9)11(7-10)13(15)5-6-13/h3-4,7,9H,1-2,5-6,8,15H2. The monoisotopic (exact) mass is 221 g/mol. The third-order valence-corrected chi connectivity index (χ3v) is 3.44. The summed E-state index contributed by atoms with van der Waals surface area (Å²) in [5.74, 6) is 1.24. The summed E-state index contributed by atoms with van der Waals surface area (Å²) >= 11 is 0. The Morgan fingerprint density at radius 1 is 1.38 bits per heavy atom. The van der Waals surface area contributed by atoms with Gasteiger partial charge in [-0.1, -0.05) is 0 Å². The number of halogens is 1. The van der Waals surface area contributed by atoms with Crippen LogP contribution in [0.2, 0.25) is 0 Å². The van der Waals surface area contributed by atoms with Gasteiger partial charge in [-0.15, -0.1) is 0 Å². The van der Waals surface area contributed by atoms with Crippen LogP contribution in [0.25, 0.3) is 0 Å². The predicted octanol–water partition coefficient (Wildman–Crippen LogP) is 2.56. The van der Waals surface area contributed by atoms with Crippen molar-refractivity contribution in [2.45, 2.75) is 31.2 Å². The molecule has 0 bridgehead atoms. The summed E-state index contributed by atoms with van der Waals surface area (Å²) in [6.45, 7) is 0.745. The summed E-state index contributed by atoms with van der Waals surface area (Å²) in [6.07, 6.45) is 4.36. The third kappa shape index (κ3) is 1.92. The molecular formula is C13H16FNO. The van der Waals surface area contributed by atoms with Crippen molar-refractivity contribution in [1.82, 2.24) is 0 Å². The largest absolute Gasteiger partial charge is 0.493 e. The molecule has 2 aliphatic rings. The molecule has 1 aromatic rings. The van der Waals surface area contributed by atoms with Crippen LogP contribution in [0.15, 0.2) is 18.2 Å². The Morgan fingerprint density at radius 2 is 2.12 bits per heavy atom. The molecule has 0 aliphatic heterocycles. The summed E-state index contributed by atoms with van der Waals surface area (Å²) in [6, 6.07) is 4.67. The lowest BCUT2D eigenvalue weighted by atomic mass is 10.0. The Balaban J connectivity index is 1.83. The van der Waals surface area contributed by atoms with Crippen molar-refractivity contribution >= 4 is 0 Å². The van der Waals surface area contributed by atoms with Crippen LogP contribution in [0.5, 0.6) is 5.75 Å². The van der Waals surface area contributed by atoms with E-state index in [1.807, 2.05) is 0 Å². The van der Waals surface area contributed by atoms with E-state index in [0.717, 1.165) is 30.8 Å². The van der Waals surface area contributed by atoms with E-state index in [2.05, 4.69) is 0 Å². The molecule has 2 N–H and O–H groups in total. The highest BCUT2D eigenvalue weighted by Crippen LogP contribution is 2.47. The zero-order valence-corrected chi connectivity index (χ0v) is 9.21. The lowest BCUT2D eigenvalue weighted by molar-refractivity contribution is 0.294. The molecule has 0 radical (unpaired) electrons. The first-order valence-electron chi connectivity index (χ1n) is 5.89. The van der Waals surface area contributed by atoms with Gasteiger partial charge in [-0.2, -0.15) is 0 Å². The van der Waals surface area contributed by atoms with Gasteiger partial charge in [0.2, 0.25) is 0 Å². The molecule has 2 fully saturated rings. The zero-order chi connectivity index (χ0) is 11.2. The Bertz CT molecular complexity index is 410. The molecule has 2 aliphatic carbocycles. The fourth-order valence-corrected chi connectivity index (χ4v) is 1.91. The molecule has 86 valence electrons. The first-order valence-corrected chi connectivity index (χ1v) is 5.89. The first kappa shape index (κ1) is 10.1. The van der Waals surface area contributed by atoms with Crippen LogP contribution < -0.4 is 10.5 Å². The number of benzene rings is 1. The van der Waals surface area contributed by atoms with E-state index in [4.69, 9.17) is 10.5 Å². The molecule has 0 unspecified atom stereocenters. The molecule has 0 spiro atoms. The lowest BCUT2D eigenvalue weighted by Crippen LogP contribution is -2.20. The van der Waals surface area contributed by atoms with Gasteiger partial charge in [-0.05, 0) is 49.8 Å². The first-order chi connectivity index (χ1) is 7.67. The smallest absolute Gasteiger partial charge is 0.124 e. The topological polar surface area (TPSA) is 35.2 Å². The van der Waals surface area contributed by atoms with Crippen LogP contribution in [-0.2, 0) is 5.54 Å². The second-order valence-corrected chi connectivity index (χ2v) is 5.05. The van der Waals surface area contributed by atoms with E-state index >= 15 is 0 Å². The van der Waals surface area contributed by atoms with Crippen LogP contribution >= 0.6 is 0 Å². The highest BCUT2D eigenvalue weighted by atomic mass is 19.1. The van der Waals surface area contributed by atoms with Gasteiger partial charge in [-0.3, -0.25) is 0 Å². The maximum Gasteiger partial charge on any atom is 0.124 e. The quantitative estimate of drug-likeness (QED) is 0.848. The zero-order valence-electron chi connectivity index (χ0n) is 9.21. The second-order valence-electron chi connectivity index (χ2n) is 5.05. The summed E-state index contributed by atoms with van der Waals surface area (Å²) < 4.78 is 18.9. The normalized spacial score (nSPS) is 21.9. The molecule has 0 aromatic heterocycles. The number of rotatable bonds is 4. The van der Waals surface area contributed by atoms with E-state index in [0.29, 0.717) is 5.92 Å². The van der Waals surface area contributed by atoms with Crippen LogP contribution in [0, 0.1) is 11.7 Å². The number of hydrogen-bond donors (Lipinski definition) is 1. The Labute approximate surface area is 94.6 Å².